The van der Waals surface area contributed by atoms with Crippen molar-refractivity contribution >= 4 is 5.82 Å². The van der Waals surface area contributed by atoms with E-state index >= 15 is 0 Å². The lowest BCUT2D eigenvalue weighted by molar-refractivity contribution is 0.554. The Bertz CT molecular complexity index is 320. The van der Waals surface area contributed by atoms with E-state index in [4.69, 9.17) is 5.73 Å². The molecule has 14 heavy (non-hydrogen) atoms. The van der Waals surface area contributed by atoms with Crippen molar-refractivity contribution in [1.29, 1.82) is 0 Å². The number of hydrogen-bond acceptors (Lipinski definition) is 4. The monoisotopic (exact) mass is 192 g/mol. The van der Waals surface area contributed by atoms with Crippen molar-refractivity contribution in [2.24, 2.45) is 11.1 Å². The molecule has 1 saturated carbocycles. The predicted molar refractivity (Wildman–Crippen MR) is 56.0 cm³/mol. The fraction of sp³-hybridized carbons (Fsp3) is 0.600. The first-order valence-corrected chi connectivity index (χ1v) is 4.97. The minimum atomic E-state index is 0.339. The zero-order chi connectivity index (χ0) is 10.0. The third-order valence-electron chi connectivity index (χ3n) is 2.83. The van der Waals surface area contributed by atoms with E-state index in [1.807, 2.05) is 13.0 Å². The van der Waals surface area contributed by atoms with Crippen LogP contribution in [0.2, 0.25) is 0 Å². The Labute approximate surface area is 83.9 Å². The van der Waals surface area contributed by atoms with Gasteiger partial charge in [0, 0.05) is 6.54 Å². The van der Waals surface area contributed by atoms with E-state index < -0.39 is 0 Å². The van der Waals surface area contributed by atoms with Crippen LogP contribution in [0.3, 0.4) is 0 Å². The van der Waals surface area contributed by atoms with E-state index in [2.05, 4.69) is 15.5 Å². The van der Waals surface area contributed by atoms with Crippen LogP contribution in [0.25, 0.3) is 0 Å². The molecule has 0 amide bonds. The van der Waals surface area contributed by atoms with Crippen LogP contribution in [0.5, 0.6) is 0 Å². The Balaban J connectivity index is 1.92. The van der Waals surface area contributed by atoms with Crippen molar-refractivity contribution in [1.82, 2.24) is 10.2 Å². The van der Waals surface area contributed by atoms with Gasteiger partial charge in [0.05, 0.1) is 6.20 Å². The summed E-state index contributed by atoms with van der Waals surface area (Å²) >= 11 is 0. The van der Waals surface area contributed by atoms with Crippen LogP contribution in [0, 0.1) is 12.3 Å². The third-order valence-corrected chi connectivity index (χ3v) is 2.83. The van der Waals surface area contributed by atoms with Crippen LogP contribution in [0.4, 0.5) is 5.82 Å². The lowest BCUT2D eigenvalue weighted by Gasteiger charge is -2.13. The van der Waals surface area contributed by atoms with Crippen LogP contribution >= 0.6 is 0 Å². The fourth-order valence-corrected chi connectivity index (χ4v) is 1.46. The standard InChI is InChI=1S/C10H16N4/c1-8-4-9(14-13-5-8)12-7-10(6-11)2-3-10/h4-5H,2-3,6-7,11H2,1H3,(H,12,14). The molecule has 0 unspecified atom stereocenters. The van der Waals surface area contributed by atoms with Gasteiger partial charge in [0.25, 0.3) is 0 Å². The minimum Gasteiger partial charge on any atom is -0.368 e. The lowest BCUT2D eigenvalue weighted by atomic mass is 10.1. The summed E-state index contributed by atoms with van der Waals surface area (Å²) in [6, 6.07) is 2.00. The summed E-state index contributed by atoms with van der Waals surface area (Å²) in [5, 5.41) is 11.2. The molecule has 1 aromatic rings. The molecule has 0 spiro atoms. The summed E-state index contributed by atoms with van der Waals surface area (Å²) in [7, 11) is 0. The van der Waals surface area contributed by atoms with E-state index in [1.54, 1.807) is 6.20 Å². The van der Waals surface area contributed by atoms with Crippen LogP contribution in [-0.4, -0.2) is 23.3 Å². The molecule has 0 radical (unpaired) electrons. The predicted octanol–water partition coefficient (Wildman–Crippen LogP) is 0.936. The van der Waals surface area contributed by atoms with Crippen molar-refractivity contribution in [3.8, 4) is 0 Å². The smallest absolute Gasteiger partial charge is 0.148 e. The summed E-state index contributed by atoms with van der Waals surface area (Å²) in [4.78, 5) is 0. The number of hydrogen-bond donors (Lipinski definition) is 2. The van der Waals surface area contributed by atoms with Gasteiger partial charge in [0.15, 0.2) is 0 Å². The minimum absolute atomic E-state index is 0.339. The van der Waals surface area contributed by atoms with Gasteiger partial charge >= 0.3 is 0 Å². The van der Waals surface area contributed by atoms with E-state index in [-0.39, 0.29) is 0 Å². The topological polar surface area (TPSA) is 63.8 Å². The number of nitrogens with two attached hydrogens (primary N) is 1. The molecule has 0 saturated heterocycles. The van der Waals surface area contributed by atoms with Gasteiger partial charge in [-0.05, 0) is 43.4 Å². The van der Waals surface area contributed by atoms with Gasteiger partial charge in [0.1, 0.15) is 5.82 Å². The molecule has 2 rings (SSSR count). The highest BCUT2D eigenvalue weighted by Gasteiger charge is 2.40. The molecule has 4 heteroatoms. The first-order valence-electron chi connectivity index (χ1n) is 4.97. The number of nitrogens with one attached hydrogen (secondary N) is 1. The van der Waals surface area contributed by atoms with Crippen molar-refractivity contribution in [3.05, 3.63) is 17.8 Å². The Kier molecular flexibility index (Phi) is 2.37. The van der Waals surface area contributed by atoms with Crippen LogP contribution in [0.15, 0.2) is 12.3 Å². The van der Waals surface area contributed by atoms with Crippen LogP contribution < -0.4 is 11.1 Å². The molecule has 0 aromatic carbocycles. The van der Waals surface area contributed by atoms with Gasteiger partial charge in [-0.3, -0.25) is 0 Å². The molecule has 4 nitrogen and oxygen atoms in total. The normalized spacial score (nSPS) is 17.9. The fourth-order valence-electron chi connectivity index (χ4n) is 1.46. The summed E-state index contributed by atoms with van der Waals surface area (Å²) in [6.07, 6.45) is 4.21. The maximum absolute atomic E-state index is 5.69. The molecule has 0 atom stereocenters. The summed E-state index contributed by atoms with van der Waals surface area (Å²) in [5.41, 5.74) is 7.15. The second kappa shape index (κ2) is 3.53. The van der Waals surface area contributed by atoms with E-state index in [0.717, 1.165) is 24.5 Å². The molecule has 1 aliphatic carbocycles. The molecule has 3 N–H and O–H groups in total. The molecule has 1 heterocycles. The highest BCUT2D eigenvalue weighted by Crippen LogP contribution is 2.44. The summed E-state index contributed by atoms with van der Waals surface area (Å²) in [6.45, 7) is 3.69. The van der Waals surface area contributed by atoms with Gasteiger partial charge in [-0.15, -0.1) is 5.10 Å². The van der Waals surface area contributed by atoms with Crippen molar-refractivity contribution in [2.45, 2.75) is 19.8 Å². The molecule has 76 valence electrons. The maximum atomic E-state index is 5.69. The first-order chi connectivity index (χ1) is 6.74. The first kappa shape index (κ1) is 9.40. The van der Waals surface area contributed by atoms with Gasteiger partial charge < -0.3 is 11.1 Å². The Hall–Kier alpha value is -1.16. The zero-order valence-electron chi connectivity index (χ0n) is 8.45. The lowest BCUT2D eigenvalue weighted by Crippen LogP contribution is -2.24. The Morgan fingerprint density at radius 1 is 1.57 bits per heavy atom. The molecular formula is C10H16N4. The quantitative estimate of drug-likeness (QED) is 0.745. The number of aryl methyl sites for hydroxylation is 1. The summed E-state index contributed by atoms with van der Waals surface area (Å²) in [5.74, 6) is 0.852. The van der Waals surface area contributed by atoms with Gasteiger partial charge in [-0.25, -0.2) is 0 Å². The van der Waals surface area contributed by atoms with Crippen LogP contribution in [-0.2, 0) is 0 Å². The van der Waals surface area contributed by atoms with Crippen molar-refractivity contribution in [3.63, 3.8) is 0 Å². The molecule has 0 aliphatic heterocycles. The Morgan fingerprint density at radius 2 is 2.36 bits per heavy atom. The molecule has 1 aliphatic rings. The molecule has 1 fully saturated rings. The highest BCUT2D eigenvalue weighted by molar-refractivity contribution is 5.35. The largest absolute Gasteiger partial charge is 0.368 e. The second-order valence-corrected chi connectivity index (χ2v) is 4.18. The highest BCUT2D eigenvalue weighted by atomic mass is 15.2. The molecule has 0 bridgehead atoms. The van der Waals surface area contributed by atoms with Gasteiger partial charge in [0.2, 0.25) is 0 Å². The maximum Gasteiger partial charge on any atom is 0.148 e. The molecule has 1 aromatic heterocycles. The molecular weight excluding hydrogens is 176 g/mol. The van der Waals surface area contributed by atoms with Crippen molar-refractivity contribution < 1.29 is 0 Å². The van der Waals surface area contributed by atoms with Gasteiger partial charge in [-0.2, -0.15) is 5.10 Å². The average molecular weight is 192 g/mol. The van der Waals surface area contributed by atoms with Crippen LogP contribution in [0.1, 0.15) is 18.4 Å². The average Bonchev–Trinajstić information content (AvgIpc) is 2.96. The Morgan fingerprint density at radius 3 is 2.93 bits per heavy atom. The van der Waals surface area contributed by atoms with Gasteiger partial charge in [-0.1, -0.05) is 0 Å². The van der Waals surface area contributed by atoms with E-state index in [9.17, 15) is 0 Å². The number of nitrogens with zero attached hydrogens (tertiary/aromatic N) is 2. The second-order valence-electron chi connectivity index (χ2n) is 4.18. The number of rotatable bonds is 4. The number of aromatic nitrogens is 2. The SMILES string of the molecule is Cc1cnnc(NCC2(CN)CC2)c1. The van der Waals surface area contributed by atoms with Crippen molar-refractivity contribution in [2.75, 3.05) is 18.4 Å². The van der Waals surface area contributed by atoms with E-state index in [0.29, 0.717) is 5.41 Å². The summed E-state index contributed by atoms with van der Waals surface area (Å²) < 4.78 is 0. The zero-order valence-corrected chi connectivity index (χ0v) is 8.45. The number of anilines is 1. The third kappa shape index (κ3) is 2.01. The van der Waals surface area contributed by atoms with E-state index in [1.165, 1.54) is 12.8 Å².